The van der Waals surface area contributed by atoms with E-state index in [9.17, 15) is 9.18 Å². The Hall–Kier alpha value is -2.56. The Labute approximate surface area is 135 Å². The molecule has 0 bridgehead atoms. The minimum Gasteiger partial charge on any atom is -0.497 e. The summed E-state index contributed by atoms with van der Waals surface area (Å²) in [7, 11) is 1.55. The topological polar surface area (TPSA) is 47.6 Å². The van der Waals surface area contributed by atoms with Gasteiger partial charge in [-0.2, -0.15) is 0 Å². The van der Waals surface area contributed by atoms with Crippen LogP contribution in [0.3, 0.4) is 0 Å². The number of carbonyl (C=O) groups is 1. The number of methoxy groups -OCH3 is 1. The lowest BCUT2D eigenvalue weighted by molar-refractivity contribution is 0.102. The second-order valence-electron chi connectivity index (χ2n) is 5.44. The van der Waals surface area contributed by atoms with Crippen LogP contribution in [0.4, 0.5) is 10.1 Å². The molecule has 0 aliphatic rings. The van der Waals surface area contributed by atoms with Crippen molar-refractivity contribution in [1.29, 1.82) is 0 Å². The maximum atomic E-state index is 13.4. The summed E-state index contributed by atoms with van der Waals surface area (Å²) >= 11 is 0. The molecular formula is C18H20FNO3. The summed E-state index contributed by atoms with van der Waals surface area (Å²) in [6.45, 7) is 5.55. The molecule has 0 aliphatic heterocycles. The van der Waals surface area contributed by atoms with Crippen molar-refractivity contribution >= 4 is 11.6 Å². The van der Waals surface area contributed by atoms with Gasteiger partial charge in [-0.15, -0.1) is 0 Å². The fraction of sp³-hybridized carbons (Fsp3) is 0.278. The van der Waals surface area contributed by atoms with Gasteiger partial charge >= 0.3 is 0 Å². The molecular weight excluding hydrogens is 297 g/mol. The number of anilines is 1. The number of halogens is 1. The van der Waals surface area contributed by atoms with Crippen LogP contribution < -0.4 is 14.8 Å². The zero-order chi connectivity index (χ0) is 17.0. The standard InChI is InChI=1S/C18H20FNO3/c1-11(2)23-17-10-14(22-4)7-8-15(17)18(21)20-16-9-13(19)6-5-12(16)3/h5-11H,1-4H3,(H,20,21). The van der Waals surface area contributed by atoms with Crippen molar-refractivity contribution in [2.45, 2.75) is 26.9 Å². The molecule has 0 spiro atoms. The van der Waals surface area contributed by atoms with Gasteiger partial charge in [-0.3, -0.25) is 4.79 Å². The van der Waals surface area contributed by atoms with E-state index in [1.165, 1.54) is 12.1 Å². The zero-order valence-corrected chi connectivity index (χ0v) is 13.6. The summed E-state index contributed by atoms with van der Waals surface area (Å²) in [4.78, 5) is 12.5. The number of carbonyl (C=O) groups excluding carboxylic acids is 1. The van der Waals surface area contributed by atoms with Crippen LogP contribution in [0.2, 0.25) is 0 Å². The number of benzene rings is 2. The van der Waals surface area contributed by atoms with E-state index in [4.69, 9.17) is 9.47 Å². The maximum absolute atomic E-state index is 13.4. The highest BCUT2D eigenvalue weighted by Gasteiger charge is 2.16. The van der Waals surface area contributed by atoms with Crippen LogP contribution >= 0.6 is 0 Å². The molecule has 1 N–H and O–H groups in total. The minimum absolute atomic E-state index is 0.0930. The number of ether oxygens (including phenoxy) is 2. The second kappa shape index (κ2) is 7.13. The Morgan fingerprint density at radius 1 is 1.17 bits per heavy atom. The van der Waals surface area contributed by atoms with Gasteiger partial charge in [0.2, 0.25) is 0 Å². The molecule has 0 heterocycles. The molecule has 0 aliphatic carbocycles. The maximum Gasteiger partial charge on any atom is 0.259 e. The Morgan fingerprint density at radius 2 is 1.91 bits per heavy atom. The highest BCUT2D eigenvalue weighted by molar-refractivity contribution is 6.06. The van der Waals surface area contributed by atoms with Gasteiger partial charge < -0.3 is 14.8 Å². The molecule has 4 nitrogen and oxygen atoms in total. The Bertz CT molecular complexity index is 713. The van der Waals surface area contributed by atoms with Crippen molar-refractivity contribution in [3.63, 3.8) is 0 Å². The fourth-order valence-corrected chi connectivity index (χ4v) is 2.09. The van der Waals surface area contributed by atoms with Crippen LogP contribution in [0.25, 0.3) is 0 Å². The molecule has 0 saturated carbocycles. The Balaban J connectivity index is 2.32. The van der Waals surface area contributed by atoms with E-state index in [1.807, 2.05) is 13.8 Å². The minimum atomic E-state index is -0.403. The fourth-order valence-electron chi connectivity index (χ4n) is 2.09. The molecule has 0 aromatic heterocycles. The molecule has 122 valence electrons. The number of hydrogen-bond donors (Lipinski definition) is 1. The summed E-state index contributed by atoms with van der Waals surface area (Å²) < 4.78 is 24.2. The van der Waals surface area contributed by atoms with Crippen LogP contribution in [0.5, 0.6) is 11.5 Å². The first-order valence-electron chi connectivity index (χ1n) is 7.33. The smallest absolute Gasteiger partial charge is 0.259 e. The molecule has 5 heteroatoms. The van der Waals surface area contributed by atoms with E-state index in [2.05, 4.69) is 5.32 Å². The van der Waals surface area contributed by atoms with E-state index in [0.717, 1.165) is 5.56 Å². The van der Waals surface area contributed by atoms with Gasteiger partial charge in [0, 0.05) is 11.8 Å². The van der Waals surface area contributed by atoms with E-state index in [0.29, 0.717) is 22.7 Å². The molecule has 2 rings (SSSR count). The van der Waals surface area contributed by atoms with Crippen molar-refractivity contribution in [2.75, 3.05) is 12.4 Å². The summed E-state index contributed by atoms with van der Waals surface area (Å²) in [5, 5.41) is 2.72. The van der Waals surface area contributed by atoms with Crippen LogP contribution in [-0.2, 0) is 0 Å². The predicted molar refractivity (Wildman–Crippen MR) is 87.8 cm³/mol. The van der Waals surface area contributed by atoms with Crippen LogP contribution in [0.15, 0.2) is 36.4 Å². The quantitative estimate of drug-likeness (QED) is 0.900. The third-order valence-corrected chi connectivity index (χ3v) is 3.24. The van der Waals surface area contributed by atoms with Gasteiger partial charge in [0.1, 0.15) is 17.3 Å². The molecule has 0 fully saturated rings. The first kappa shape index (κ1) is 16.8. The SMILES string of the molecule is COc1ccc(C(=O)Nc2cc(F)ccc2C)c(OC(C)C)c1. The lowest BCUT2D eigenvalue weighted by atomic mass is 10.1. The average Bonchev–Trinajstić information content (AvgIpc) is 2.50. The number of hydrogen-bond acceptors (Lipinski definition) is 3. The van der Waals surface area contributed by atoms with Crippen LogP contribution in [0.1, 0.15) is 29.8 Å². The van der Waals surface area contributed by atoms with Crippen LogP contribution in [0, 0.1) is 12.7 Å². The van der Waals surface area contributed by atoms with Crippen molar-refractivity contribution in [2.24, 2.45) is 0 Å². The lowest BCUT2D eigenvalue weighted by Crippen LogP contribution is -2.16. The summed E-state index contributed by atoms with van der Waals surface area (Å²) in [5.41, 5.74) is 1.57. The summed E-state index contributed by atoms with van der Waals surface area (Å²) in [6, 6.07) is 9.23. The van der Waals surface area contributed by atoms with Crippen molar-refractivity contribution in [1.82, 2.24) is 0 Å². The van der Waals surface area contributed by atoms with E-state index < -0.39 is 5.82 Å². The number of aryl methyl sites for hydroxylation is 1. The molecule has 2 aromatic rings. The first-order chi connectivity index (χ1) is 10.9. The zero-order valence-electron chi connectivity index (χ0n) is 13.6. The van der Waals surface area contributed by atoms with Crippen molar-refractivity contribution in [3.05, 3.63) is 53.3 Å². The normalized spacial score (nSPS) is 10.5. The van der Waals surface area contributed by atoms with E-state index >= 15 is 0 Å². The van der Waals surface area contributed by atoms with Gasteiger partial charge in [0.25, 0.3) is 5.91 Å². The molecule has 0 unspecified atom stereocenters. The van der Waals surface area contributed by atoms with Gasteiger partial charge in [0.15, 0.2) is 0 Å². The highest BCUT2D eigenvalue weighted by Crippen LogP contribution is 2.27. The first-order valence-corrected chi connectivity index (χ1v) is 7.33. The molecule has 2 aromatic carbocycles. The van der Waals surface area contributed by atoms with Crippen LogP contribution in [-0.4, -0.2) is 19.1 Å². The molecule has 0 saturated heterocycles. The third kappa shape index (κ3) is 4.22. The van der Waals surface area contributed by atoms with Gasteiger partial charge in [-0.25, -0.2) is 4.39 Å². The summed E-state index contributed by atoms with van der Waals surface area (Å²) in [5.74, 6) is 0.251. The van der Waals surface area contributed by atoms with Gasteiger partial charge in [-0.05, 0) is 50.6 Å². The Morgan fingerprint density at radius 3 is 2.57 bits per heavy atom. The number of amides is 1. The molecule has 1 amide bonds. The largest absolute Gasteiger partial charge is 0.497 e. The van der Waals surface area contributed by atoms with E-state index in [-0.39, 0.29) is 12.0 Å². The molecule has 23 heavy (non-hydrogen) atoms. The monoisotopic (exact) mass is 317 g/mol. The second-order valence-corrected chi connectivity index (χ2v) is 5.44. The van der Waals surface area contributed by atoms with Crippen molar-refractivity contribution < 1.29 is 18.7 Å². The molecule has 0 atom stereocenters. The lowest BCUT2D eigenvalue weighted by Gasteiger charge is -2.16. The third-order valence-electron chi connectivity index (χ3n) is 3.24. The van der Waals surface area contributed by atoms with Crippen molar-refractivity contribution in [3.8, 4) is 11.5 Å². The number of rotatable bonds is 5. The van der Waals surface area contributed by atoms with Gasteiger partial charge in [-0.1, -0.05) is 6.07 Å². The average molecular weight is 317 g/mol. The number of nitrogens with one attached hydrogen (secondary N) is 1. The van der Waals surface area contributed by atoms with Gasteiger partial charge in [0.05, 0.1) is 18.8 Å². The predicted octanol–water partition coefficient (Wildman–Crippen LogP) is 4.18. The highest BCUT2D eigenvalue weighted by atomic mass is 19.1. The van der Waals surface area contributed by atoms with E-state index in [1.54, 1.807) is 38.3 Å². The summed E-state index contributed by atoms with van der Waals surface area (Å²) in [6.07, 6.45) is -0.0930. The Kier molecular flexibility index (Phi) is 5.21. The molecule has 0 radical (unpaired) electrons.